The van der Waals surface area contributed by atoms with Gasteiger partial charge in [0.25, 0.3) is 0 Å². The average molecular weight is 646 g/mol. The summed E-state index contributed by atoms with van der Waals surface area (Å²) >= 11 is 0. The maximum absolute atomic E-state index is 12.1. The van der Waals surface area contributed by atoms with Crippen LogP contribution < -0.4 is 5.32 Å². The van der Waals surface area contributed by atoms with E-state index >= 15 is 0 Å². The van der Waals surface area contributed by atoms with E-state index in [9.17, 15) is 4.79 Å². The van der Waals surface area contributed by atoms with Gasteiger partial charge in [0, 0.05) is 13.0 Å². The van der Waals surface area contributed by atoms with E-state index in [4.69, 9.17) is 0 Å². The maximum Gasteiger partial charge on any atom is 0.219 e. The van der Waals surface area contributed by atoms with Gasteiger partial charge in [0.1, 0.15) is 0 Å². The quantitative estimate of drug-likeness (QED) is 0.0521. The number of carbonyl (C=O) groups excluding carboxylic acids is 1. The van der Waals surface area contributed by atoms with Crippen LogP contribution in [0, 0.1) is 0 Å². The summed E-state index contributed by atoms with van der Waals surface area (Å²) in [6, 6.07) is 0. The van der Waals surface area contributed by atoms with Crippen molar-refractivity contribution < 1.29 is 4.79 Å². The van der Waals surface area contributed by atoms with Gasteiger partial charge < -0.3 is 5.32 Å². The van der Waals surface area contributed by atoms with Crippen LogP contribution in [0.3, 0.4) is 0 Å². The highest BCUT2D eigenvalue weighted by atomic mass is 16.1. The first-order chi connectivity index (χ1) is 22.8. The maximum atomic E-state index is 12.1. The normalized spacial score (nSPS) is 11.6. The molecule has 0 saturated heterocycles. The van der Waals surface area contributed by atoms with E-state index in [0.717, 1.165) is 25.8 Å². The van der Waals surface area contributed by atoms with Crippen LogP contribution in [0.25, 0.3) is 0 Å². The summed E-state index contributed by atoms with van der Waals surface area (Å²) in [5.74, 6) is 0.274. The molecule has 1 N–H and O–H groups in total. The molecule has 0 radical (unpaired) electrons. The molecule has 0 saturated carbocycles. The number of amides is 1. The monoisotopic (exact) mass is 646 g/mol. The second-order valence-electron chi connectivity index (χ2n) is 14.8. The van der Waals surface area contributed by atoms with Crippen LogP contribution in [0.5, 0.6) is 0 Å². The van der Waals surface area contributed by atoms with Crippen molar-refractivity contribution in [2.24, 2.45) is 0 Å². The summed E-state index contributed by atoms with van der Waals surface area (Å²) in [6.45, 7) is 5.46. The van der Waals surface area contributed by atoms with Crippen molar-refractivity contribution >= 4 is 5.91 Å². The molecule has 0 spiro atoms. The molecular formula is C44H87NO. The first kappa shape index (κ1) is 45.2. The molecule has 0 aromatic heterocycles. The number of carbonyl (C=O) groups is 1. The van der Waals surface area contributed by atoms with Crippen LogP contribution in [0.4, 0.5) is 0 Å². The molecule has 0 rings (SSSR count). The zero-order chi connectivity index (χ0) is 33.3. The van der Waals surface area contributed by atoms with E-state index < -0.39 is 0 Å². The summed E-state index contributed by atoms with van der Waals surface area (Å²) in [5, 5.41) is 3.15. The van der Waals surface area contributed by atoms with Crippen LogP contribution in [0.15, 0.2) is 12.2 Å². The highest BCUT2D eigenvalue weighted by Crippen LogP contribution is 2.16. The molecule has 0 heterocycles. The van der Waals surface area contributed by atoms with Crippen LogP contribution in [-0.4, -0.2) is 12.5 Å². The Hall–Kier alpha value is -0.790. The minimum absolute atomic E-state index is 0.274. The number of hydrogen-bond acceptors (Lipinski definition) is 1. The molecule has 0 fully saturated rings. The van der Waals surface area contributed by atoms with Crippen molar-refractivity contribution in [3.8, 4) is 0 Å². The highest BCUT2D eigenvalue weighted by molar-refractivity contribution is 5.75. The average Bonchev–Trinajstić information content (AvgIpc) is 3.06. The Morgan fingerprint density at radius 2 is 0.609 bits per heavy atom. The molecule has 0 bridgehead atoms. The van der Waals surface area contributed by atoms with E-state index in [0.29, 0.717) is 0 Å². The molecule has 274 valence electrons. The van der Waals surface area contributed by atoms with E-state index in [1.165, 1.54) is 225 Å². The molecule has 0 aromatic rings. The summed E-state index contributed by atoms with van der Waals surface area (Å²) in [7, 11) is 0. The zero-order valence-corrected chi connectivity index (χ0v) is 32.1. The van der Waals surface area contributed by atoms with Crippen molar-refractivity contribution in [3.63, 3.8) is 0 Å². The van der Waals surface area contributed by atoms with Gasteiger partial charge in [0.2, 0.25) is 5.91 Å². The Morgan fingerprint density at radius 3 is 0.935 bits per heavy atom. The number of allylic oxidation sites excluding steroid dienone is 2. The lowest BCUT2D eigenvalue weighted by Gasteiger charge is -2.06. The van der Waals surface area contributed by atoms with Crippen molar-refractivity contribution in [2.45, 2.75) is 258 Å². The van der Waals surface area contributed by atoms with E-state index in [1.54, 1.807) is 0 Å². The third-order valence-corrected chi connectivity index (χ3v) is 10.0. The van der Waals surface area contributed by atoms with Gasteiger partial charge in [-0.3, -0.25) is 4.79 Å². The number of unbranched alkanes of at least 4 members (excludes halogenated alkanes) is 34. The third-order valence-electron chi connectivity index (χ3n) is 10.0. The lowest BCUT2D eigenvalue weighted by molar-refractivity contribution is -0.121. The van der Waals surface area contributed by atoms with Gasteiger partial charge in [-0.1, -0.05) is 225 Å². The van der Waals surface area contributed by atoms with Gasteiger partial charge in [0.15, 0.2) is 0 Å². The molecule has 2 nitrogen and oxygen atoms in total. The van der Waals surface area contributed by atoms with Crippen molar-refractivity contribution in [1.82, 2.24) is 5.32 Å². The smallest absolute Gasteiger partial charge is 0.219 e. The van der Waals surface area contributed by atoms with Gasteiger partial charge in [-0.2, -0.15) is 0 Å². The summed E-state index contributed by atoms with van der Waals surface area (Å²) in [4.78, 5) is 12.1. The van der Waals surface area contributed by atoms with Crippen LogP contribution in [0.2, 0.25) is 0 Å². The fourth-order valence-corrected chi connectivity index (χ4v) is 6.76. The second kappa shape index (κ2) is 42.2. The summed E-state index contributed by atoms with van der Waals surface area (Å²) in [6.07, 6.45) is 56.7. The molecule has 0 aliphatic heterocycles. The molecule has 0 aliphatic rings. The van der Waals surface area contributed by atoms with Gasteiger partial charge in [0.05, 0.1) is 0 Å². The zero-order valence-electron chi connectivity index (χ0n) is 32.1. The van der Waals surface area contributed by atoms with Gasteiger partial charge in [-0.25, -0.2) is 0 Å². The number of rotatable bonds is 40. The summed E-state index contributed by atoms with van der Waals surface area (Å²) in [5.41, 5.74) is 0. The first-order valence-corrected chi connectivity index (χ1v) is 21.7. The third kappa shape index (κ3) is 41.2. The van der Waals surface area contributed by atoms with E-state index in [-0.39, 0.29) is 5.91 Å². The predicted octanol–water partition coefficient (Wildman–Crippen LogP) is 15.5. The highest BCUT2D eigenvalue weighted by Gasteiger charge is 2.01. The Bertz CT molecular complexity index is 584. The van der Waals surface area contributed by atoms with Crippen molar-refractivity contribution in [1.29, 1.82) is 0 Å². The van der Waals surface area contributed by atoms with Crippen molar-refractivity contribution in [2.75, 3.05) is 6.54 Å². The SMILES string of the molecule is CCCCCCCC/C=C\CCCCCCCCNC(=O)CCCCCCCCCCCCCCCCCCCCCCCCC. The first-order valence-electron chi connectivity index (χ1n) is 21.7. The van der Waals surface area contributed by atoms with Crippen LogP contribution >= 0.6 is 0 Å². The molecule has 0 atom stereocenters. The van der Waals surface area contributed by atoms with Gasteiger partial charge in [-0.15, -0.1) is 0 Å². The Balaban J connectivity index is 3.17. The minimum Gasteiger partial charge on any atom is -0.356 e. The molecular weight excluding hydrogens is 558 g/mol. The lowest BCUT2D eigenvalue weighted by Crippen LogP contribution is -2.23. The van der Waals surface area contributed by atoms with Gasteiger partial charge in [-0.05, 0) is 38.5 Å². The molecule has 0 unspecified atom stereocenters. The number of hydrogen-bond donors (Lipinski definition) is 1. The molecule has 0 aliphatic carbocycles. The lowest BCUT2D eigenvalue weighted by atomic mass is 10.0. The Labute approximate surface area is 291 Å². The predicted molar refractivity (Wildman–Crippen MR) is 209 cm³/mol. The number of nitrogens with one attached hydrogen (secondary N) is 1. The largest absolute Gasteiger partial charge is 0.356 e. The van der Waals surface area contributed by atoms with Crippen molar-refractivity contribution in [3.05, 3.63) is 12.2 Å². The molecule has 2 heteroatoms. The molecule has 46 heavy (non-hydrogen) atoms. The fourth-order valence-electron chi connectivity index (χ4n) is 6.76. The van der Waals surface area contributed by atoms with Gasteiger partial charge >= 0.3 is 0 Å². The van der Waals surface area contributed by atoms with Crippen LogP contribution in [0.1, 0.15) is 258 Å². The Kier molecular flexibility index (Phi) is 41.5. The summed E-state index contributed by atoms with van der Waals surface area (Å²) < 4.78 is 0. The fraction of sp³-hybridized carbons (Fsp3) is 0.932. The molecule has 0 aromatic carbocycles. The minimum atomic E-state index is 0.274. The second-order valence-corrected chi connectivity index (χ2v) is 14.8. The standard InChI is InChI=1S/C44H87NO/c1-3-5-7-9-11-13-15-17-19-21-22-23-24-25-26-27-28-30-32-34-36-38-40-42-44(46)45-43-41-39-37-35-33-31-29-20-18-16-14-12-10-8-6-4-2/h18,20H,3-17,19,21-43H2,1-2H3,(H,45,46)/b20-18-. The topological polar surface area (TPSA) is 29.1 Å². The molecule has 1 amide bonds. The van der Waals surface area contributed by atoms with E-state index in [2.05, 4.69) is 31.3 Å². The Morgan fingerprint density at radius 1 is 0.348 bits per heavy atom. The van der Waals surface area contributed by atoms with E-state index in [1.807, 2.05) is 0 Å². The van der Waals surface area contributed by atoms with Crippen LogP contribution in [-0.2, 0) is 4.79 Å².